The number of hydrogen-bond donors (Lipinski definition) is 1. The number of nitrogens with zero attached hydrogens (tertiary/aromatic N) is 5. The Balaban J connectivity index is 1.76. The average molecular weight is 374 g/mol. The summed E-state index contributed by atoms with van der Waals surface area (Å²) in [6, 6.07) is 8.81. The van der Waals surface area contributed by atoms with E-state index in [1.807, 2.05) is 39.0 Å². The van der Waals surface area contributed by atoms with Gasteiger partial charge in [0.1, 0.15) is 12.1 Å². The van der Waals surface area contributed by atoms with Crippen molar-refractivity contribution in [3.05, 3.63) is 47.9 Å². The normalized spacial score (nSPS) is 12.0. The summed E-state index contributed by atoms with van der Waals surface area (Å²) in [6.45, 7) is 7.01. The Labute approximate surface area is 152 Å². The second-order valence-corrected chi connectivity index (χ2v) is 7.78. The van der Waals surface area contributed by atoms with Crippen molar-refractivity contribution in [2.75, 3.05) is 18.4 Å². The van der Waals surface area contributed by atoms with E-state index in [2.05, 4.69) is 20.4 Å². The van der Waals surface area contributed by atoms with Crippen LogP contribution in [-0.2, 0) is 16.6 Å². The zero-order valence-corrected chi connectivity index (χ0v) is 15.9. The molecule has 0 fully saturated rings. The zero-order valence-electron chi connectivity index (χ0n) is 15.0. The first-order valence-corrected chi connectivity index (χ1v) is 9.90. The number of rotatable bonds is 7. The van der Waals surface area contributed by atoms with Gasteiger partial charge in [0, 0.05) is 31.4 Å². The van der Waals surface area contributed by atoms with E-state index in [4.69, 9.17) is 0 Å². The van der Waals surface area contributed by atoms with Gasteiger partial charge in [-0.2, -0.15) is 18.9 Å². The smallest absolute Gasteiger partial charge is 0.254 e. The highest BCUT2D eigenvalue weighted by Crippen LogP contribution is 2.17. The largest absolute Gasteiger partial charge is 0.366 e. The molecule has 0 aliphatic carbocycles. The molecular formula is C17H22N6O2S. The summed E-state index contributed by atoms with van der Waals surface area (Å²) in [5.41, 5.74) is 1.81. The van der Waals surface area contributed by atoms with Crippen molar-refractivity contribution in [3.63, 3.8) is 0 Å². The quantitative estimate of drug-likeness (QED) is 0.681. The van der Waals surface area contributed by atoms with E-state index in [0.717, 1.165) is 17.1 Å². The van der Waals surface area contributed by atoms with Crippen LogP contribution in [0.1, 0.15) is 25.1 Å². The molecule has 0 saturated heterocycles. The fourth-order valence-corrected chi connectivity index (χ4v) is 4.20. The van der Waals surface area contributed by atoms with E-state index in [1.54, 1.807) is 16.6 Å². The number of aryl methyl sites for hydroxylation is 1. The Morgan fingerprint density at radius 2 is 1.85 bits per heavy atom. The SMILES string of the molecule is CCN(CC)S(=O)(=O)c1ccc(CNc2cc(C)nc3ncnn23)cc1. The molecule has 0 amide bonds. The molecule has 0 saturated carbocycles. The van der Waals surface area contributed by atoms with Gasteiger partial charge in [0.2, 0.25) is 10.0 Å². The standard InChI is InChI=1S/C17H22N6O2S/c1-4-22(5-2)26(24,25)15-8-6-14(7-9-15)11-18-16-10-13(3)21-17-19-12-20-23(16)17/h6-10,12,18H,4-5,11H2,1-3H3. The molecule has 2 heterocycles. The Morgan fingerprint density at radius 1 is 1.15 bits per heavy atom. The molecule has 1 aromatic carbocycles. The van der Waals surface area contributed by atoms with Gasteiger partial charge in [-0.1, -0.05) is 26.0 Å². The van der Waals surface area contributed by atoms with E-state index in [9.17, 15) is 8.42 Å². The number of anilines is 1. The molecular weight excluding hydrogens is 352 g/mol. The Morgan fingerprint density at radius 3 is 2.50 bits per heavy atom. The van der Waals surface area contributed by atoms with E-state index in [1.165, 1.54) is 10.6 Å². The second-order valence-electron chi connectivity index (χ2n) is 5.84. The summed E-state index contributed by atoms with van der Waals surface area (Å²) in [5, 5.41) is 7.45. The summed E-state index contributed by atoms with van der Waals surface area (Å²) in [6.07, 6.45) is 1.46. The van der Waals surface area contributed by atoms with Crippen LogP contribution in [0.3, 0.4) is 0 Å². The molecule has 0 bridgehead atoms. The molecule has 0 aliphatic heterocycles. The van der Waals surface area contributed by atoms with Gasteiger partial charge in [-0.3, -0.25) is 0 Å². The number of hydrogen-bond acceptors (Lipinski definition) is 6. The maximum Gasteiger partial charge on any atom is 0.254 e. The van der Waals surface area contributed by atoms with Gasteiger partial charge in [0.25, 0.3) is 5.78 Å². The molecule has 2 aromatic heterocycles. The molecule has 0 atom stereocenters. The van der Waals surface area contributed by atoms with Gasteiger partial charge in [-0.15, -0.1) is 0 Å². The first kappa shape index (κ1) is 18.3. The van der Waals surface area contributed by atoms with Crippen LogP contribution in [0.15, 0.2) is 41.6 Å². The van der Waals surface area contributed by atoms with Gasteiger partial charge >= 0.3 is 0 Å². The average Bonchev–Trinajstić information content (AvgIpc) is 3.09. The predicted octanol–water partition coefficient (Wildman–Crippen LogP) is 2.08. The van der Waals surface area contributed by atoms with Gasteiger partial charge in [0.05, 0.1) is 4.90 Å². The highest BCUT2D eigenvalue weighted by molar-refractivity contribution is 7.89. The molecule has 0 aliphatic rings. The van der Waals surface area contributed by atoms with Crippen LogP contribution in [0.4, 0.5) is 5.82 Å². The minimum atomic E-state index is -3.43. The van der Waals surface area contributed by atoms with Crippen LogP contribution in [-0.4, -0.2) is 45.4 Å². The van der Waals surface area contributed by atoms with Crippen LogP contribution in [0, 0.1) is 6.92 Å². The molecule has 3 rings (SSSR count). The lowest BCUT2D eigenvalue weighted by molar-refractivity contribution is 0.445. The maximum absolute atomic E-state index is 12.5. The topological polar surface area (TPSA) is 92.5 Å². The minimum absolute atomic E-state index is 0.309. The van der Waals surface area contributed by atoms with Gasteiger partial charge in [-0.25, -0.2) is 13.4 Å². The molecule has 8 nitrogen and oxygen atoms in total. The van der Waals surface area contributed by atoms with Crippen LogP contribution in [0.25, 0.3) is 5.78 Å². The van der Waals surface area contributed by atoms with Crippen molar-refractivity contribution in [2.24, 2.45) is 0 Å². The summed E-state index contributed by atoms with van der Waals surface area (Å²) < 4.78 is 28.1. The molecule has 0 spiro atoms. The van der Waals surface area contributed by atoms with Crippen molar-refractivity contribution >= 4 is 21.6 Å². The third kappa shape index (κ3) is 3.54. The second kappa shape index (κ2) is 7.38. The lowest BCUT2D eigenvalue weighted by Crippen LogP contribution is -2.30. The Hall–Kier alpha value is -2.52. The molecule has 26 heavy (non-hydrogen) atoms. The van der Waals surface area contributed by atoms with Gasteiger partial charge in [0.15, 0.2) is 0 Å². The summed E-state index contributed by atoms with van der Waals surface area (Å²) in [4.78, 5) is 8.71. The summed E-state index contributed by atoms with van der Waals surface area (Å²) in [5.74, 6) is 1.32. The number of fused-ring (bicyclic) bond motifs is 1. The van der Waals surface area contributed by atoms with Crippen LogP contribution in [0.5, 0.6) is 0 Å². The van der Waals surface area contributed by atoms with Crippen LogP contribution in [0.2, 0.25) is 0 Å². The molecule has 0 unspecified atom stereocenters. The lowest BCUT2D eigenvalue weighted by atomic mass is 10.2. The number of nitrogens with one attached hydrogen (secondary N) is 1. The fraction of sp³-hybridized carbons (Fsp3) is 0.353. The molecule has 0 radical (unpaired) electrons. The number of aromatic nitrogens is 4. The van der Waals surface area contributed by atoms with Crippen molar-refractivity contribution in [1.82, 2.24) is 23.9 Å². The molecule has 138 valence electrons. The maximum atomic E-state index is 12.5. The van der Waals surface area contributed by atoms with Crippen molar-refractivity contribution in [2.45, 2.75) is 32.2 Å². The lowest BCUT2D eigenvalue weighted by Gasteiger charge is -2.18. The zero-order chi connectivity index (χ0) is 18.7. The first-order chi connectivity index (χ1) is 12.5. The van der Waals surface area contributed by atoms with E-state index in [0.29, 0.717) is 30.3 Å². The van der Waals surface area contributed by atoms with E-state index >= 15 is 0 Å². The molecule has 3 aromatic rings. The predicted molar refractivity (Wildman–Crippen MR) is 99.4 cm³/mol. The summed E-state index contributed by atoms with van der Waals surface area (Å²) in [7, 11) is -3.43. The van der Waals surface area contributed by atoms with Gasteiger partial charge in [-0.05, 0) is 24.6 Å². The monoisotopic (exact) mass is 374 g/mol. The third-order valence-electron chi connectivity index (χ3n) is 4.12. The van der Waals surface area contributed by atoms with Crippen LogP contribution >= 0.6 is 0 Å². The van der Waals surface area contributed by atoms with E-state index in [-0.39, 0.29) is 0 Å². The highest BCUT2D eigenvalue weighted by Gasteiger charge is 2.21. The highest BCUT2D eigenvalue weighted by atomic mass is 32.2. The summed E-state index contributed by atoms with van der Waals surface area (Å²) >= 11 is 0. The van der Waals surface area contributed by atoms with Crippen molar-refractivity contribution in [1.29, 1.82) is 0 Å². The third-order valence-corrected chi connectivity index (χ3v) is 6.18. The number of sulfonamides is 1. The fourth-order valence-electron chi connectivity index (χ4n) is 2.74. The van der Waals surface area contributed by atoms with Crippen LogP contribution < -0.4 is 5.32 Å². The Bertz CT molecular complexity index is 994. The number of benzene rings is 1. The first-order valence-electron chi connectivity index (χ1n) is 8.46. The molecule has 9 heteroatoms. The van der Waals surface area contributed by atoms with Crippen molar-refractivity contribution < 1.29 is 8.42 Å². The van der Waals surface area contributed by atoms with Gasteiger partial charge < -0.3 is 5.32 Å². The minimum Gasteiger partial charge on any atom is -0.366 e. The Kier molecular flexibility index (Phi) is 5.19. The van der Waals surface area contributed by atoms with Crippen molar-refractivity contribution in [3.8, 4) is 0 Å². The van der Waals surface area contributed by atoms with E-state index < -0.39 is 10.0 Å². The molecule has 1 N–H and O–H groups in total.